The maximum atomic E-state index is 12.4. The number of nitrogens with zero attached hydrogens (tertiary/aromatic N) is 2. The molecule has 3 aromatic rings. The van der Waals surface area contributed by atoms with Gasteiger partial charge in [-0.05, 0) is 24.6 Å². The van der Waals surface area contributed by atoms with Crippen LogP contribution in [0.1, 0.15) is 15.2 Å². The lowest BCUT2D eigenvalue weighted by atomic mass is 10.2. The van der Waals surface area contributed by atoms with Crippen LogP contribution >= 0.6 is 22.9 Å². The van der Waals surface area contributed by atoms with Gasteiger partial charge in [-0.15, -0.1) is 11.3 Å². The van der Waals surface area contributed by atoms with Crippen molar-refractivity contribution in [2.45, 2.75) is 6.92 Å². The van der Waals surface area contributed by atoms with E-state index >= 15 is 0 Å². The molecule has 0 atom stereocenters. The van der Waals surface area contributed by atoms with Crippen molar-refractivity contribution in [1.29, 1.82) is 0 Å². The lowest BCUT2D eigenvalue weighted by molar-refractivity contribution is 0.103. The number of rotatable bonds is 2. The van der Waals surface area contributed by atoms with Gasteiger partial charge in [-0.25, -0.2) is 9.97 Å². The van der Waals surface area contributed by atoms with E-state index in [2.05, 4.69) is 15.3 Å². The fourth-order valence-electron chi connectivity index (χ4n) is 1.93. The molecule has 7 heteroatoms. The standard InChI is InChI=1S/C14H11ClN4OS/c1-7-2-3-8(15)9(6-7)19-13(20)12-10(16)11-14(21-12)18-5-4-17-11/h2-6H,16H2,1H3,(H,19,20). The number of thiophene rings is 1. The minimum atomic E-state index is -0.315. The second-order valence-electron chi connectivity index (χ2n) is 4.49. The number of amides is 1. The third-order valence-electron chi connectivity index (χ3n) is 2.94. The van der Waals surface area contributed by atoms with Gasteiger partial charge in [0.05, 0.1) is 16.4 Å². The average Bonchev–Trinajstić information content (AvgIpc) is 2.81. The maximum absolute atomic E-state index is 12.4. The van der Waals surface area contributed by atoms with E-state index in [0.717, 1.165) is 5.56 Å². The number of hydrogen-bond donors (Lipinski definition) is 2. The number of carbonyl (C=O) groups is 1. The Morgan fingerprint density at radius 2 is 2.10 bits per heavy atom. The molecule has 0 aliphatic rings. The molecule has 0 saturated heterocycles. The van der Waals surface area contributed by atoms with Crippen LogP contribution in [-0.2, 0) is 0 Å². The summed E-state index contributed by atoms with van der Waals surface area (Å²) in [6, 6.07) is 5.42. The van der Waals surface area contributed by atoms with Crippen LogP contribution < -0.4 is 11.1 Å². The van der Waals surface area contributed by atoms with Crippen molar-refractivity contribution in [2.75, 3.05) is 11.1 Å². The highest BCUT2D eigenvalue weighted by Crippen LogP contribution is 2.32. The van der Waals surface area contributed by atoms with Gasteiger partial charge in [-0.2, -0.15) is 0 Å². The van der Waals surface area contributed by atoms with Crippen LogP contribution in [0.5, 0.6) is 0 Å². The fourth-order valence-corrected chi connectivity index (χ4v) is 3.01. The van der Waals surface area contributed by atoms with E-state index < -0.39 is 0 Å². The lowest BCUT2D eigenvalue weighted by Gasteiger charge is -2.07. The number of benzene rings is 1. The zero-order valence-electron chi connectivity index (χ0n) is 11.1. The normalized spacial score (nSPS) is 10.8. The Morgan fingerprint density at radius 3 is 2.86 bits per heavy atom. The fraction of sp³-hybridized carbons (Fsp3) is 0.0714. The number of nitrogens with one attached hydrogen (secondary N) is 1. The number of nitrogens with two attached hydrogens (primary N) is 1. The first-order valence-corrected chi connectivity index (χ1v) is 7.32. The first-order valence-electron chi connectivity index (χ1n) is 6.13. The lowest BCUT2D eigenvalue weighted by Crippen LogP contribution is -2.12. The van der Waals surface area contributed by atoms with E-state index in [9.17, 15) is 4.79 Å². The maximum Gasteiger partial charge on any atom is 0.268 e. The molecule has 2 heterocycles. The molecule has 3 rings (SSSR count). The summed E-state index contributed by atoms with van der Waals surface area (Å²) in [5.74, 6) is -0.315. The first kappa shape index (κ1) is 13.8. The van der Waals surface area contributed by atoms with Crippen molar-refractivity contribution in [3.63, 3.8) is 0 Å². The second-order valence-corrected chi connectivity index (χ2v) is 5.90. The van der Waals surface area contributed by atoms with Gasteiger partial charge in [-0.3, -0.25) is 4.79 Å². The van der Waals surface area contributed by atoms with E-state index in [0.29, 0.717) is 31.6 Å². The molecule has 1 amide bonds. The van der Waals surface area contributed by atoms with E-state index in [1.54, 1.807) is 24.5 Å². The summed E-state index contributed by atoms with van der Waals surface area (Å²) in [6.07, 6.45) is 3.11. The Balaban J connectivity index is 1.97. The third-order valence-corrected chi connectivity index (χ3v) is 4.37. The van der Waals surface area contributed by atoms with Crippen molar-refractivity contribution < 1.29 is 4.79 Å². The molecule has 21 heavy (non-hydrogen) atoms. The van der Waals surface area contributed by atoms with Crippen LogP contribution in [0.15, 0.2) is 30.6 Å². The summed E-state index contributed by atoms with van der Waals surface area (Å²) in [6.45, 7) is 1.92. The number of aromatic nitrogens is 2. The molecule has 0 bridgehead atoms. The molecule has 0 radical (unpaired) electrons. The predicted octanol–water partition coefficient (Wildman–Crippen LogP) is 3.49. The van der Waals surface area contributed by atoms with Crippen LogP contribution in [0.2, 0.25) is 5.02 Å². The molecule has 0 saturated carbocycles. The highest BCUT2D eigenvalue weighted by atomic mass is 35.5. The summed E-state index contributed by atoms with van der Waals surface area (Å²) < 4.78 is 0. The molecule has 1 aromatic carbocycles. The van der Waals surface area contributed by atoms with Crippen molar-refractivity contribution in [1.82, 2.24) is 9.97 Å². The van der Waals surface area contributed by atoms with Crippen LogP contribution in [0.25, 0.3) is 10.3 Å². The molecule has 0 fully saturated rings. The summed E-state index contributed by atoms with van der Waals surface area (Å²) in [7, 11) is 0. The summed E-state index contributed by atoms with van der Waals surface area (Å²) in [5, 5.41) is 3.25. The Hall–Kier alpha value is -2.18. The number of fused-ring (bicyclic) bond motifs is 1. The molecular weight excluding hydrogens is 308 g/mol. The Kier molecular flexibility index (Phi) is 3.48. The van der Waals surface area contributed by atoms with E-state index in [1.165, 1.54) is 11.3 Å². The quantitative estimate of drug-likeness (QED) is 0.758. The van der Waals surface area contributed by atoms with Gasteiger partial charge in [0, 0.05) is 12.4 Å². The molecule has 0 unspecified atom stereocenters. The largest absolute Gasteiger partial charge is 0.396 e. The predicted molar refractivity (Wildman–Crippen MR) is 86.0 cm³/mol. The van der Waals surface area contributed by atoms with Crippen molar-refractivity contribution in [2.24, 2.45) is 0 Å². The third kappa shape index (κ3) is 2.55. The van der Waals surface area contributed by atoms with Crippen molar-refractivity contribution in [3.8, 4) is 0 Å². The average molecular weight is 319 g/mol. The SMILES string of the molecule is Cc1ccc(Cl)c(NC(=O)c2sc3nccnc3c2N)c1. The number of anilines is 2. The molecule has 2 aromatic heterocycles. The minimum Gasteiger partial charge on any atom is -0.396 e. The Morgan fingerprint density at radius 1 is 1.33 bits per heavy atom. The summed E-state index contributed by atoms with van der Waals surface area (Å²) in [5.41, 5.74) is 8.41. The van der Waals surface area contributed by atoms with Crippen LogP contribution in [0.3, 0.4) is 0 Å². The van der Waals surface area contributed by atoms with E-state index in [-0.39, 0.29) is 5.91 Å². The van der Waals surface area contributed by atoms with Crippen molar-refractivity contribution >= 4 is 50.6 Å². The zero-order chi connectivity index (χ0) is 15.0. The molecule has 106 valence electrons. The van der Waals surface area contributed by atoms with Gasteiger partial charge in [0.2, 0.25) is 0 Å². The van der Waals surface area contributed by atoms with Crippen LogP contribution in [-0.4, -0.2) is 15.9 Å². The van der Waals surface area contributed by atoms with Crippen LogP contribution in [0.4, 0.5) is 11.4 Å². The highest BCUT2D eigenvalue weighted by molar-refractivity contribution is 7.21. The number of nitrogen functional groups attached to an aromatic ring is 1. The van der Waals surface area contributed by atoms with Crippen LogP contribution in [0, 0.1) is 6.92 Å². The number of carbonyl (C=O) groups excluding carboxylic acids is 1. The first-order chi connectivity index (χ1) is 10.1. The highest BCUT2D eigenvalue weighted by Gasteiger charge is 2.18. The number of halogens is 1. The smallest absolute Gasteiger partial charge is 0.268 e. The molecule has 0 spiro atoms. The number of aryl methyl sites for hydroxylation is 1. The molecule has 5 nitrogen and oxygen atoms in total. The van der Waals surface area contributed by atoms with E-state index in [4.69, 9.17) is 17.3 Å². The molecule has 0 aliphatic carbocycles. The summed E-state index contributed by atoms with van der Waals surface area (Å²) >= 11 is 7.29. The van der Waals surface area contributed by atoms with Gasteiger partial charge in [0.1, 0.15) is 15.2 Å². The van der Waals surface area contributed by atoms with Gasteiger partial charge in [0.25, 0.3) is 5.91 Å². The Labute approximate surface area is 129 Å². The Bertz CT molecular complexity index is 846. The van der Waals surface area contributed by atoms with Gasteiger partial charge < -0.3 is 11.1 Å². The van der Waals surface area contributed by atoms with Gasteiger partial charge in [-0.1, -0.05) is 17.7 Å². The topological polar surface area (TPSA) is 80.9 Å². The minimum absolute atomic E-state index is 0.315. The monoisotopic (exact) mass is 318 g/mol. The van der Waals surface area contributed by atoms with Gasteiger partial charge in [0.15, 0.2) is 0 Å². The molecule has 3 N–H and O–H groups in total. The van der Waals surface area contributed by atoms with Gasteiger partial charge >= 0.3 is 0 Å². The molecular formula is C14H11ClN4OS. The molecule has 0 aliphatic heterocycles. The van der Waals surface area contributed by atoms with E-state index in [1.807, 2.05) is 13.0 Å². The number of hydrogen-bond acceptors (Lipinski definition) is 5. The zero-order valence-corrected chi connectivity index (χ0v) is 12.6. The summed E-state index contributed by atoms with van der Waals surface area (Å²) in [4.78, 5) is 21.7. The van der Waals surface area contributed by atoms with Crippen molar-refractivity contribution in [3.05, 3.63) is 46.1 Å². The second kappa shape index (κ2) is 5.31.